The second-order valence-corrected chi connectivity index (χ2v) is 8.46. The van der Waals surface area contributed by atoms with Crippen molar-refractivity contribution in [3.63, 3.8) is 0 Å². The molecular formula is C25H28N4O4. The summed E-state index contributed by atoms with van der Waals surface area (Å²) in [5.74, 6) is 1.83. The van der Waals surface area contributed by atoms with Crippen molar-refractivity contribution in [3.8, 4) is 28.4 Å². The number of hydrogen-bond donors (Lipinski definition) is 3. The predicted octanol–water partition coefficient (Wildman–Crippen LogP) is 3.41. The van der Waals surface area contributed by atoms with E-state index in [2.05, 4.69) is 20.8 Å². The molecule has 0 aliphatic carbocycles. The number of piperidine rings is 1. The van der Waals surface area contributed by atoms with E-state index < -0.39 is 0 Å². The maximum atomic E-state index is 13.2. The van der Waals surface area contributed by atoms with Crippen LogP contribution in [0.4, 0.5) is 5.69 Å². The first-order chi connectivity index (χ1) is 16.2. The third-order valence-electron chi connectivity index (χ3n) is 6.16. The maximum absolute atomic E-state index is 13.2. The summed E-state index contributed by atoms with van der Waals surface area (Å²) in [7, 11) is 1.63. The Morgan fingerprint density at radius 1 is 1.21 bits per heavy atom. The fourth-order valence-corrected chi connectivity index (χ4v) is 4.31. The van der Waals surface area contributed by atoms with E-state index in [9.17, 15) is 4.79 Å². The van der Waals surface area contributed by atoms with Gasteiger partial charge in [0.1, 0.15) is 30.0 Å². The molecule has 0 unspecified atom stereocenters. The van der Waals surface area contributed by atoms with Crippen molar-refractivity contribution in [2.45, 2.75) is 25.4 Å². The molecule has 8 nitrogen and oxygen atoms in total. The highest BCUT2D eigenvalue weighted by Crippen LogP contribution is 2.34. The predicted molar refractivity (Wildman–Crippen MR) is 125 cm³/mol. The van der Waals surface area contributed by atoms with Crippen LogP contribution in [0.15, 0.2) is 48.8 Å². The van der Waals surface area contributed by atoms with Crippen LogP contribution in [0.1, 0.15) is 18.4 Å². The van der Waals surface area contributed by atoms with Gasteiger partial charge in [-0.25, -0.2) is 0 Å². The van der Waals surface area contributed by atoms with Crippen LogP contribution in [0.3, 0.4) is 0 Å². The Bertz CT molecular complexity index is 1110. The number of anilines is 1. The number of rotatable bonds is 6. The number of hydrogen-bond acceptors (Lipinski definition) is 6. The molecule has 2 aromatic carbocycles. The largest absolute Gasteiger partial charge is 0.497 e. The lowest BCUT2D eigenvalue weighted by Gasteiger charge is -2.27. The number of carbonyl (C=O) groups excluding carboxylic acids is 1. The van der Waals surface area contributed by atoms with Gasteiger partial charge in [0.25, 0.3) is 0 Å². The fraction of sp³-hybridized carbons (Fsp3) is 0.360. The lowest BCUT2D eigenvalue weighted by molar-refractivity contribution is -0.121. The minimum atomic E-state index is -0.303. The number of carbonyl (C=O) groups is 1. The van der Waals surface area contributed by atoms with Crippen LogP contribution in [-0.4, -0.2) is 49.0 Å². The molecule has 1 amide bonds. The Kier molecular flexibility index (Phi) is 6.17. The molecule has 2 aliphatic heterocycles. The van der Waals surface area contributed by atoms with Crippen molar-refractivity contribution in [3.05, 3.63) is 54.4 Å². The highest BCUT2D eigenvalue weighted by atomic mass is 16.5. The summed E-state index contributed by atoms with van der Waals surface area (Å²) in [5, 5.41) is 13.3. The summed E-state index contributed by atoms with van der Waals surface area (Å²) in [6, 6.07) is 11.5. The van der Waals surface area contributed by atoms with E-state index in [4.69, 9.17) is 14.2 Å². The van der Waals surface area contributed by atoms with Crippen LogP contribution in [0.25, 0.3) is 11.1 Å². The highest BCUT2D eigenvalue weighted by molar-refractivity contribution is 5.95. The Morgan fingerprint density at radius 3 is 2.94 bits per heavy atom. The molecule has 1 aromatic heterocycles. The summed E-state index contributed by atoms with van der Waals surface area (Å²) in [6.45, 7) is 2.13. The minimum Gasteiger partial charge on any atom is -0.497 e. The van der Waals surface area contributed by atoms with Crippen molar-refractivity contribution in [1.29, 1.82) is 0 Å². The van der Waals surface area contributed by atoms with Crippen molar-refractivity contribution in [2.24, 2.45) is 5.92 Å². The van der Waals surface area contributed by atoms with Crippen LogP contribution < -0.4 is 24.8 Å². The first kappa shape index (κ1) is 21.3. The normalized spacial score (nSPS) is 19.8. The Balaban J connectivity index is 1.35. The molecule has 0 saturated carbocycles. The van der Waals surface area contributed by atoms with Crippen LogP contribution >= 0.6 is 0 Å². The van der Waals surface area contributed by atoms with Crippen molar-refractivity contribution in [1.82, 2.24) is 15.5 Å². The summed E-state index contributed by atoms with van der Waals surface area (Å²) in [6.07, 6.45) is 6.30. The van der Waals surface area contributed by atoms with E-state index in [0.717, 1.165) is 54.1 Å². The summed E-state index contributed by atoms with van der Waals surface area (Å²) in [4.78, 5) is 13.2. The standard InChI is InChI=1S/C25H28N4O4/c1-31-20-5-7-23-17(10-20)9-18(15-32-23)25(30)29-22-6-4-16(19-12-27-28-13-19)11-24(22)33-21-3-2-8-26-14-21/h4-7,10-13,18,21,26H,2-3,8-9,14-15H2,1H3,(H,27,28)(H,29,30)/t18-,21+/m1/s1. The molecule has 3 N–H and O–H groups in total. The average molecular weight is 449 g/mol. The molecule has 33 heavy (non-hydrogen) atoms. The van der Waals surface area contributed by atoms with E-state index in [0.29, 0.717) is 24.5 Å². The summed E-state index contributed by atoms with van der Waals surface area (Å²) in [5.41, 5.74) is 3.57. The fourth-order valence-electron chi connectivity index (χ4n) is 4.31. The molecule has 3 aromatic rings. The number of benzene rings is 2. The molecule has 5 rings (SSSR count). The third kappa shape index (κ3) is 4.80. The SMILES string of the molecule is COc1ccc2c(c1)C[C@@H](C(=O)Nc1ccc(-c3cn[nH]c3)cc1O[C@H]1CCCNC1)CO2. The molecule has 0 radical (unpaired) electrons. The van der Waals surface area contributed by atoms with Crippen molar-refractivity contribution < 1.29 is 19.0 Å². The molecule has 1 saturated heterocycles. The van der Waals surface area contributed by atoms with E-state index in [1.165, 1.54) is 0 Å². The molecule has 0 spiro atoms. The number of ether oxygens (including phenoxy) is 3. The Labute approximate surface area is 192 Å². The molecular weight excluding hydrogens is 420 g/mol. The summed E-state index contributed by atoms with van der Waals surface area (Å²) < 4.78 is 17.5. The zero-order chi connectivity index (χ0) is 22.6. The number of amides is 1. The first-order valence-corrected chi connectivity index (χ1v) is 11.3. The number of methoxy groups -OCH3 is 1. The highest BCUT2D eigenvalue weighted by Gasteiger charge is 2.27. The molecule has 0 bridgehead atoms. The number of nitrogens with one attached hydrogen (secondary N) is 3. The van der Waals surface area contributed by atoms with Crippen molar-refractivity contribution >= 4 is 11.6 Å². The first-order valence-electron chi connectivity index (χ1n) is 11.3. The zero-order valence-corrected chi connectivity index (χ0v) is 18.6. The molecule has 2 atom stereocenters. The molecule has 1 fully saturated rings. The molecule has 172 valence electrons. The lowest BCUT2D eigenvalue weighted by atomic mass is 9.95. The van der Waals surface area contributed by atoms with Crippen LogP contribution in [0.2, 0.25) is 0 Å². The van der Waals surface area contributed by atoms with Crippen molar-refractivity contribution in [2.75, 3.05) is 32.1 Å². The Hall–Kier alpha value is -3.52. The number of nitrogens with zero attached hydrogens (tertiary/aromatic N) is 1. The van der Waals surface area contributed by atoms with Gasteiger partial charge in [-0.05, 0) is 67.3 Å². The van der Waals surface area contributed by atoms with Gasteiger partial charge in [-0.1, -0.05) is 6.07 Å². The Morgan fingerprint density at radius 2 is 2.15 bits per heavy atom. The third-order valence-corrected chi connectivity index (χ3v) is 6.16. The van der Waals surface area contributed by atoms with Gasteiger partial charge in [0.2, 0.25) is 5.91 Å². The minimum absolute atomic E-state index is 0.0614. The van der Waals surface area contributed by atoms with E-state index >= 15 is 0 Å². The van der Waals surface area contributed by atoms with E-state index in [-0.39, 0.29) is 17.9 Å². The monoisotopic (exact) mass is 448 g/mol. The number of aromatic amines is 1. The lowest BCUT2D eigenvalue weighted by Crippen LogP contribution is -2.37. The van der Waals surface area contributed by atoms with Gasteiger partial charge in [0.15, 0.2) is 0 Å². The van der Waals surface area contributed by atoms with E-state index in [1.54, 1.807) is 13.3 Å². The maximum Gasteiger partial charge on any atom is 0.231 e. The average Bonchev–Trinajstić information content (AvgIpc) is 3.40. The number of aromatic nitrogens is 2. The van der Waals surface area contributed by atoms with Crippen LogP contribution in [0.5, 0.6) is 17.2 Å². The zero-order valence-electron chi connectivity index (χ0n) is 18.6. The molecule has 2 aliphatic rings. The topological polar surface area (TPSA) is 97.5 Å². The number of H-pyrrole nitrogens is 1. The van der Waals surface area contributed by atoms with E-state index in [1.807, 2.05) is 42.6 Å². The van der Waals surface area contributed by atoms with Gasteiger partial charge >= 0.3 is 0 Å². The summed E-state index contributed by atoms with van der Waals surface area (Å²) >= 11 is 0. The van der Waals surface area contributed by atoms with Gasteiger partial charge < -0.3 is 24.8 Å². The van der Waals surface area contributed by atoms with Gasteiger partial charge in [0, 0.05) is 18.3 Å². The second-order valence-electron chi connectivity index (χ2n) is 8.46. The van der Waals surface area contributed by atoms with Gasteiger partial charge in [0.05, 0.1) is 24.9 Å². The van der Waals surface area contributed by atoms with Crippen LogP contribution in [0, 0.1) is 5.92 Å². The van der Waals surface area contributed by atoms with Crippen LogP contribution in [-0.2, 0) is 11.2 Å². The quantitative estimate of drug-likeness (QED) is 0.535. The van der Waals surface area contributed by atoms with Gasteiger partial charge in [-0.3, -0.25) is 9.89 Å². The number of fused-ring (bicyclic) bond motifs is 1. The van der Waals surface area contributed by atoms with Gasteiger partial charge in [-0.15, -0.1) is 0 Å². The second kappa shape index (κ2) is 9.54. The van der Waals surface area contributed by atoms with Gasteiger partial charge in [-0.2, -0.15) is 5.10 Å². The molecule has 8 heteroatoms. The molecule has 3 heterocycles. The smallest absolute Gasteiger partial charge is 0.231 e.